The van der Waals surface area contributed by atoms with Crippen molar-refractivity contribution in [2.75, 3.05) is 0 Å². The zero-order valence-electron chi connectivity index (χ0n) is 11.3. The predicted octanol–water partition coefficient (Wildman–Crippen LogP) is 4.09. The van der Waals surface area contributed by atoms with E-state index in [0.29, 0.717) is 6.07 Å². The highest BCUT2D eigenvalue weighted by atomic mass is 19.4. The Morgan fingerprint density at radius 1 is 1.24 bits per heavy atom. The third kappa shape index (κ3) is 4.26. The summed E-state index contributed by atoms with van der Waals surface area (Å²) in [4.78, 5) is 3.97. The molecule has 0 fully saturated rings. The standard InChI is InChI=1S/C15H14F4N2/c1-10(12-3-2-4-20-9-12)21-8-11-5-13(15(17,18)19)7-14(16)6-11/h2-7,9-10,21H,8H2,1H3/t10-/m0/s1. The number of hydrogen-bond donors (Lipinski definition) is 1. The van der Waals surface area contributed by atoms with Gasteiger partial charge >= 0.3 is 6.18 Å². The van der Waals surface area contributed by atoms with Crippen LogP contribution >= 0.6 is 0 Å². The van der Waals surface area contributed by atoms with E-state index >= 15 is 0 Å². The number of aromatic nitrogens is 1. The van der Waals surface area contributed by atoms with Crippen molar-refractivity contribution in [3.8, 4) is 0 Å². The van der Waals surface area contributed by atoms with E-state index in [1.165, 1.54) is 0 Å². The maximum absolute atomic E-state index is 13.3. The molecule has 6 heteroatoms. The second kappa shape index (κ2) is 6.22. The van der Waals surface area contributed by atoms with Crippen LogP contribution in [0.25, 0.3) is 0 Å². The van der Waals surface area contributed by atoms with E-state index < -0.39 is 17.6 Å². The monoisotopic (exact) mass is 298 g/mol. The van der Waals surface area contributed by atoms with Crippen LogP contribution in [0.3, 0.4) is 0 Å². The molecule has 0 bridgehead atoms. The second-order valence-electron chi connectivity index (χ2n) is 4.73. The fourth-order valence-electron chi connectivity index (χ4n) is 1.94. The molecule has 0 saturated heterocycles. The number of nitrogens with one attached hydrogen (secondary N) is 1. The number of nitrogens with zero attached hydrogens (tertiary/aromatic N) is 1. The molecular formula is C15H14F4N2. The molecule has 0 aliphatic carbocycles. The van der Waals surface area contributed by atoms with Crippen LogP contribution in [0.5, 0.6) is 0 Å². The summed E-state index contributed by atoms with van der Waals surface area (Å²) in [5.41, 5.74) is 0.177. The van der Waals surface area contributed by atoms with Crippen LogP contribution < -0.4 is 5.32 Å². The summed E-state index contributed by atoms with van der Waals surface area (Å²) in [6, 6.07) is 6.07. The highest BCUT2D eigenvalue weighted by molar-refractivity contribution is 5.27. The van der Waals surface area contributed by atoms with Crippen LogP contribution in [0.2, 0.25) is 0 Å². The molecule has 21 heavy (non-hydrogen) atoms. The van der Waals surface area contributed by atoms with Gasteiger partial charge in [0, 0.05) is 25.0 Å². The molecule has 2 nitrogen and oxygen atoms in total. The Morgan fingerprint density at radius 2 is 2.00 bits per heavy atom. The zero-order chi connectivity index (χ0) is 15.5. The van der Waals surface area contributed by atoms with Crippen molar-refractivity contribution in [1.29, 1.82) is 0 Å². The van der Waals surface area contributed by atoms with Crippen LogP contribution in [0.4, 0.5) is 17.6 Å². The van der Waals surface area contributed by atoms with Gasteiger partial charge in [-0.3, -0.25) is 4.98 Å². The number of benzene rings is 1. The van der Waals surface area contributed by atoms with Gasteiger partial charge in [0.2, 0.25) is 0 Å². The zero-order valence-corrected chi connectivity index (χ0v) is 11.3. The van der Waals surface area contributed by atoms with E-state index in [9.17, 15) is 17.6 Å². The van der Waals surface area contributed by atoms with Gasteiger partial charge in [-0.05, 0) is 42.3 Å². The summed E-state index contributed by atoms with van der Waals surface area (Å²) >= 11 is 0. The molecule has 1 atom stereocenters. The molecule has 2 rings (SSSR count). The van der Waals surface area contributed by atoms with Crippen molar-refractivity contribution in [3.63, 3.8) is 0 Å². The SMILES string of the molecule is C[C@H](NCc1cc(F)cc(C(F)(F)F)c1)c1cccnc1. The van der Waals surface area contributed by atoms with Gasteiger partial charge in [-0.15, -0.1) is 0 Å². The molecule has 1 aromatic heterocycles. The summed E-state index contributed by atoms with van der Waals surface area (Å²) in [6.07, 6.45) is -1.24. The maximum atomic E-state index is 13.3. The summed E-state index contributed by atoms with van der Waals surface area (Å²) in [5, 5.41) is 3.05. The predicted molar refractivity (Wildman–Crippen MR) is 70.9 cm³/mol. The van der Waals surface area contributed by atoms with Crippen LogP contribution in [-0.4, -0.2) is 4.98 Å². The number of hydrogen-bond acceptors (Lipinski definition) is 2. The summed E-state index contributed by atoms with van der Waals surface area (Å²) in [5.74, 6) is -0.893. The minimum absolute atomic E-state index is 0.101. The van der Waals surface area contributed by atoms with Gasteiger partial charge in [-0.2, -0.15) is 13.2 Å². The first-order chi connectivity index (χ1) is 9.86. The van der Waals surface area contributed by atoms with E-state index in [1.54, 1.807) is 18.5 Å². The number of alkyl halides is 3. The molecule has 0 amide bonds. The Kier molecular flexibility index (Phi) is 4.57. The first kappa shape index (κ1) is 15.4. The van der Waals surface area contributed by atoms with E-state index in [2.05, 4.69) is 10.3 Å². The van der Waals surface area contributed by atoms with Crippen LogP contribution in [-0.2, 0) is 12.7 Å². The molecule has 0 saturated carbocycles. The first-order valence-electron chi connectivity index (χ1n) is 6.36. The molecule has 1 N–H and O–H groups in total. The fraction of sp³-hybridized carbons (Fsp3) is 0.267. The Balaban J connectivity index is 2.08. The Labute approximate surface area is 119 Å². The number of rotatable bonds is 4. The summed E-state index contributed by atoms with van der Waals surface area (Å²) in [7, 11) is 0. The van der Waals surface area contributed by atoms with Gasteiger partial charge in [-0.25, -0.2) is 4.39 Å². The number of pyridine rings is 1. The van der Waals surface area contributed by atoms with E-state index in [1.807, 2.05) is 13.0 Å². The number of halogens is 4. The molecule has 112 valence electrons. The van der Waals surface area contributed by atoms with Gasteiger partial charge < -0.3 is 5.32 Å². The maximum Gasteiger partial charge on any atom is 0.416 e. The Morgan fingerprint density at radius 3 is 2.62 bits per heavy atom. The lowest BCUT2D eigenvalue weighted by Gasteiger charge is -2.15. The van der Waals surface area contributed by atoms with Gasteiger partial charge in [-0.1, -0.05) is 6.07 Å². The van der Waals surface area contributed by atoms with Crippen LogP contribution in [0.1, 0.15) is 29.7 Å². The van der Waals surface area contributed by atoms with Crippen LogP contribution in [0, 0.1) is 5.82 Å². The molecule has 0 radical (unpaired) electrons. The minimum Gasteiger partial charge on any atom is -0.306 e. The van der Waals surface area contributed by atoms with Crippen molar-refractivity contribution < 1.29 is 17.6 Å². The lowest BCUT2D eigenvalue weighted by atomic mass is 10.1. The molecule has 2 aromatic rings. The molecule has 0 unspecified atom stereocenters. The lowest BCUT2D eigenvalue weighted by Crippen LogP contribution is -2.19. The van der Waals surface area contributed by atoms with Crippen molar-refractivity contribution in [2.24, 2.45) is 0 Å². The van der Waals surface area contributed by atoms with Crippen molar-refractivity contribution in [2.45, 2.75) is 25.7 Å². The molecule has 0 aliphatic rings. The van der Waals surface area contributed by atoms with Gasteiger partial charge in [0.25, 0.3) is 0 Å². The highest BCUT2D eigenvalue weighted by Gasteiger charge is 2.31. The fourth-order valence-corrected chi connectivity index (χ4v) is 1.94. The van der Waals surface area contributed by atoms with Crippen LogP contribution in [0.15, 0.2) is 42.7 Å². The summed E-state index contributed by atoms with van der Waals surface area (Å²) < 4.78 is 51.1. The van der Waals surface area contributed by atoms with Crippen molar-refractivity contribution in [3.05, 3.63) is 65.2 Å². The van der Waals surface area contributed by atoms with Gasteiger partial charge in [0.1, 0.15) is 5.82 Å². The highest BCUT2D eigenvalue weighted by Crippen LogP contribution is 2.30. The average molecular weight is 298 g/mol. The Bertz CT molecular complexity index is 596. The van der Waals surface area contributed by atoms with E-state index in [-0.39, 0.29) is 18.2 Å². The van der Waals surface area contributed by atoms with E-state index in [4.69, 9.17) is 0 Å². The Hall–Kier alpha value is -1.95. The van der Waals surface area contributed by atoms with Crippen molar-refractivity contribution in [1.82, 2.24) is 10.3 Å². The van der Waals surface area contributed by atoms with Crippen molar-refractivity contribution >= 4 is 0 Å². The normalized spacial score (nSPS) is 13.2. The third-order valence-corrected chi connectivity index (χ3v) is 3.08. The molecule has 1 aromatic carbocycles. The lowest BCUT2D eigenvalue weighted by molar-refractivity contribution is -0.137. The van der Waals surface area contributed by atoms with Gasteiger partial charge in [0.05, 0.1) is 5.56 Å². The largest absolute Gasteiger partial charge is 0.416 e. The molecule has 1 heterocycles. The second-order valence-corrected chi connectivity index (χ2v) is 4.73. The van der Waals surface area contributed by atoms with Gasteiger partial charge in [0.15, 0.2) is 0 Å². The quantitative estimate of drug-likeness (QED) is 0.860. The molecule has 0 aliphatic heterocycles. The minimum atomic E-state index is -4.55. The molecule has 0 spiro atoms. The van der Waals surface area contributed by atoms with E-state index in [0.717, 1.165) is 17.7 Å². The first-order valence-corrected chi connectivity index (χ1v) is 6.36. The average Bonchev–Trinajstić information content (AvgIpc) is 2.44. The smallest absolute Gasteiger partial charge is 0.306 e. The third-order valence-electron chi connectivity index (χ3n) is 3.08. The summed E-state index contributed by atoms with van der Waals surface area (Å²) in [6.45, 7) is 2.00. The molecular weight excluding hydrogens is 284 g/mol. The topological polar surface area (TPSA) is 24.9 Å².